The molecule has 0 radical (unpaired) electrons. The average molecular weight is 359 g/mol. The number of hydrogen-bond acceptors (Lipinski definition) is 7. The van der Waals surface area contributed by atoms with E-state index in [9.17, 15) is 9.59 Å². The molecular formula is C16H13N3O3S2. The van der Waals surface area contributed by atoms with Crippen molar-refractivity contribution in [3.8, 4) is 0 Å². The van der Waals surface area contributed by atoms with E-state index >= 15 is 0 Å². The molecule has 122 valence electrons. The molecule has 0 saturated heterocycles. The fourth-order valence-corrected chi connectivity index (χ4v) is 3.21. The molecular weight excluding hydrogens is 346 g/mol. The Balaban J connectivity index is 1.47. The second kappa shape index (κ2) is 7.89. The van der Waals surface area contributed by atoms with Crippen LogP contribution in [0.4, 0.5) is 5.69 Å². The van der Waals surface area contributed by atoms with E-state index in [1.165, 1.54) is 11.8 Å². The molecule has 1 amide bonds. The van der Waals surface area contributed by atoms with Crippen molar-refractivity contribution in [3.05, 3.63) is 48.5 Å². The van der Waals surface area contributed by atoms with Gasteiger partial charge in [-0.1, -0.05) is 24.3 Å². The fourth-order valence-electron chi connectivity index (χ4n) is 1.94. The van der Waals surface area contributed by atoms with E-state index in [1.807, 2.05) is 36.4 Å². The Morgan fingerprint density at radius 3 is 2.75 bits per heavy atom. The van der Waals surface area contributed by atoms with Gasteiger partial charge >= 0.3 is 5.97 Å². The number of ether oxygens (including phenoxy) is 1. The van der Waals surface area contributed by atoms with Crippen molar-refractivity contribution in [2.24, 2.45) is 0 Å². The molecule has 2 aromatic carbocycles. The maximum Gasteiger partial charge on any atom is 0.316 e. The van der Waals surface area contributed by atoms with E-state index in [1.54, 1.807) is 12.1 Å². The number of nitrogens with one attached hydrogen (secondary N) is 1. The molecule has 0 spiro atoms. The van der Waals surface area contributed by atoms with Gasteiger partial charge in [0.2, 0.25) is 0 Å². The molecule has 0 atom stereocenters. The SMILES string of the molecule is O=C(COC(=O)CSc1ccccc1)Nc1cccc2nsnc12. The third-order valence-corrected chi connectivity index (χ3v) is 4.55. The first kappa shape index (κ1) is 16.4. The number of fused-ring (bicyclic) bond motifs is 1. The minimum Gasteiger partial charge on any atom is -0.455 e. The van der Waals surface area contributed by atoms with Crippen molar-refractivity contribution in [2.75, 3.05) is 17.7 Å². The largest absolute Gasteiger partial charge is 0.455 e. The number of rotatable bonds is 6. The van der Waals surface area contributed by atoms with E-state index in [0.717, 1.165) is 16.6 Å². The van der Waals surface area contributed by atoms with E-state index in [-0.39, 0.29) is 12.4 Å². The molecule has 1 aromatic heterocycles. The minimum atomic E-state index is -0.437. The summed E-state index contributed by atoms with van der Waals surface area (Å²) in [7, 11) is 0. The molecule has 0 saturated carbocycles. The standard InChI is InChI=1S/C16H13N3O3S2/c20-14(17-12-7-4-8-13-16(12)19-24-18-13)9-22-15(21)10-23-11-5-2-1-3-6-11/h1-8H,9-10H2,(H,17,20). The van der Waals surface area contributed by atoms with E-state index in [2.05, 4.69) is 14.1 Å². The second-order valence-electron chi connectivity index (χ2n) is 4.75. The van der Waals surface area contributed by atoms with Crippen LogP contribution in [0.2, 0.25) is 0 Å². The summed E-state index contributed by atoms with van der Waals surface area (Å²) in [5, 5.41) is 2.68. The van der Waals surface area contributed by atoms with E-state index in [0.29, 0.717) is 16.7 Å². The summed E-state index contributed by atoms with van der Waals surface area (Å²) in [4.78, 5) is 24.6. The van der Waals surface area contributed by atoms with Crippen molar-refractivity contribution < 1.29 is 14.3 Å². The van der Waals surface area contributed by atoms with Crippen LogP contribution in [0.15, 0.2) is 53.4 Å². The molecule has 6 nitrogen and oxygen atoms in total. The zero-order valence-corrected chi connectivity index (χ0v) is 14.1. The van der Waals surface area contributed by atoms with Gasteiger partial charge in [0, 0.05) is 4.90 Å². The van der Waals surface area contributed by atoms with Gasteiger partial charge in [-0.25, -0.2) is 0 Å². The van der Waals surface area contributed by atoms with Gasteiger partial charge < -0.3 is 10.1 Å². The van der Waals surface area contributed by atoms with Crippen LogP contribution < -0.4 is 5.32 Å². The fraction of sp³-hybridized carbons (Fsp3) is 0.125. The number of carbonyl (C=O) groups excluding carboxylic acids is 2. The molecule has 0 bridgehead atoms. The first-order valence-electron chi connectivity index (χ1n) is 7.07. The van der Waals surface area contributed by atoms with Crippen LogP contribution in [-0.2, 0) is 14.3 Å². The number of thioether (sulfide) groups is 1. The van der Waals surface area contributed by atoms with Crippen molar-refractivity contribution in [1.82, 2.24) is 8.75 Å². The summed E-state index contributed by atoms with van der Waals surface area (Å²) in [5.74, 6) is -0.691. The van der Waals surface area contributed by atoms with E-state index < -0.39 is 11.9 Å². The Kier molecular flexibility index (Phi) is 5.39. The van der Waals surface area contributed by atoms with Crippen molar-refractivity contribution in [1.29, 1.82) is 0 Å². The first-order valence-corrected chi connectivity index (χ1v) is 8.78. The third kappa shape index (κ3) is 4.30. The molecule has 1 heterocycles. The van der Waals surface area contributed by atoms with Gasteiger partial charge in [0.25, 0.3) is 5.91 Å². The summed E-state index contributed by atoms with van der Waals surface area (Å²) >= 11 is 2.44. The van der Waals surface area contributed by atoms with Crippen LogP contribution >= 0.6 is 23.5 Å². The molecule has 1 N–H and O–H groups in total. The van der Waals surface area contributed by atoms with Crippen LogP contribution in [-0.4, -0.2) is 33.0 Å². The van der Waals surface area contributed by atoms with Gasteiger partial charge in [0.05, 0.1) is 23.2 Å². The number of esters is 1. The molecule has 8 heteroatoms. The third-order valence-electron chi connectivity index (χ3n) is 3.02. The van der Waals surface area contributed by atoms with Gasteiger partial charge in [0.15, 0.2) is 6.61 Å². The number of nitrogens with zero attached hydrogens (tertiary/aromatic N) is 2. The van der Waals surface area contributed by atoms with Gasteiger partial charge in [0.1, 0.15) is 11.0 Å². The highest BCUT2D eigenvalue weighted by atomic mass is 32.2. The van der Waals surface area contributed by atoms with Gasteiger partial charge in [-0.15, -0.1) is 11.8 Å². The molecule has 0 aliphatic carbocycles. The smallest absolute Gasteiger partial charge is 0.316 e. The summed E-state index contributed by atoms with van der Waals surface area (Å²) in [5.41, 5.74) is 1.90. The molecule has 3 aromatic rings. The predicted octanol–water partition coefficient (Wildman–Crippen LogP) is 2.97. The summed E-state index contributed by atoms with van der Waals surface area (Å²) in [6, 6.07) is 14.8. The van der Waals surface area contributed by atoms with E-state index in [4.69, 9.17) is 4.74 Å². The number of benzene rings is 2. The monoisotopic (exact) mass is 359 g/mol. The highest BCUT2D eigenvalue weighted by molar-refractivity contribution is 8.00. The topological polar surface area (TPSA) is 81.2 Å². The lowest BCUT2D eigenvalue weighted by Crippen LogP contribution is -2.21. The number of anilines is 1. The molecule has 24 heavy (non-hydrogen) atoms. The maximum absolute atomic E-state index is 11.9. The Hall–Kier alpha value is -2.45. The van der Waals surface area contributed by atoms with Crippen LogP contribution in [0, 0.1) is 0 Å². The van der Waals surface area contributed by atoms with Gasteiger partial charge in [-0.05, 0) is 24.3 Å². The van der Waals surface area contributed by atoms with Gasteiger partial charge in [-0.3, -0.25) is 9.59 Å². The molecule has 3 rings (SSSR count). The minimum absolute atomic E-state index is 0.156. The molecule has 0 fully saturated rings. The Morgan fingerprint density at radius 2 is 1.92 bits per heavy atom. The zero-order chi connectivity index (χ0) is 16.8. The lowest BCUT2D eigenvalue weighted by Gasteiger charge is -2.07. The molecule has 0 aliphatic rings. The van der Waals surface area contributed by atoms with Crippen molar-refractivity contribution >= 4 is 52.1 Å². The highest BCUT2D eigenvalue weighted by Crippen LogP contribution is 2.21. The summed E-state index contributed by atoms with van der Waals surface area (Å²) < 4.78 is 13.2. The lowest BCUT2D eigenvalue weighted by atomic mass is 10.2. The Bertz CT molecular complexity index is 852. The number of carbonyl (C=O) groups is 2. The molecule has 0 unspecified atom stereocenters. The normalized spacial score (nSPS) is 10.5. The summed E-state index contributed by atoms with van der Waals surface area (Å²) in [6.07, 6.45) is 0. The van der Waals surface area contributed by atoms with Crippen LogP contribution in [0.1, 0.15) is 0 Å². The van der Waals surface area contributed by atoms with Crippen LogP contribution in [0.5, 0.6) is 0 Å². The predicted molar refractivity (Wildman–Crippen MR) is 94.2 cm³/mol. The summed E-state index contributed by atoms with van der Waals surface area (Å²) in [6.45, 7) is -0.331. The van der Waals surface area contributed by atoms with Crippen molar-refractivity contribution in [3.63, 3.8) is 0 Å². The van der Waals surface area contributed by atoms with Crippen LogP contribution in [0.3, 0.4) is 0 Å². The number of hydrogen-bond donors (Lipinski definition) is 1. The highest BCUT2D eigenvalue weighted by Gasteiger charge is 2.11. The number of aromatic nitrogens is 2. The zero-order valence-electron chi connectivity index (χ0n) is 12.5. The van der Waals surface area contributed by atoms with Gasteiger partial charge in [-0.2, -0.15) is 8.75 Å². The maximum atomic E-state index is 11.9. The Labute approximate surface area is 146 Å². The average Bonchev–Trinajstić information content (AvgIpc) is 3.09. The Morgan fingerprint density at radius 1 is 1.08 bits per heavy atom. The lowest BCUT2D eigenvalue weighted by molar-refractivity contribution is -0.144. The quantitative estimate of drug-likeness (QED) is 0.538. The second-order valence-corrected chi connectivity index (χ2v) is 6.33. The number of amides is 1. The first-order chi connectivity index (χ1) is 11.7. The molecule has 0 aliphatic heterocycles. The van der Waals surface area contributed by atoms with Crippen molar-refractivity contribution in [2.45, 2.75) is 4.90 Å². The van der Waals surface area contributed by atoms with Crippen LogP contribution in [0.25, 0.3) is 11.0 Å².